The molecule has 5 heteroatoms. The molecular formula is C13H12ClNO2S. The first-order chi connectivity index (χ1) is 8.39. The highest BCUT2D eigenvalue weighted by molar-refractivity contribution is 7.90. The third-order valence-electron chi connectivity index (χ3n) is 2.68. The van der Waals surface area contributed by atoms with Gasteiger partial charge in [-0.25, -0.2) is 13.4 Å². The van der Waals surface area contributed by atoms with Gasteiger partial charge in [0, 0.05) is 18.0 Å². The highest BCUT2D eigenvalue weighted by atomic mass is 35.5. The maximum absolute atomic E-state index is 11.4. The predicted octanol–water partition coefficient (Wildman–Crippen LogP) is 3.11. The SMILES string of the molecule is Cc1ccnc(Cl)c1-c1ccc(S(C)(=O)=O)cc1. The van der Waals surface area contributed by atoms with Crippen LogP contribution in [0.5, 0.6) is 0 Å². The summed E-state index contributed by atoms with van der Waals surface area (Å²) in [4.78, 5) is 4.33. The summed E-state index contributed by atoms with van der Waals surface area (Å²) in [6, 6.07) is 8.51. The molecule has 0 radical (unpaired) electrons. The number of pyridine rings is 1. The van der Waals surface area contributed by atoms with E-state index in [1.54, 1.807) is 30.5 Å². The van der Waals surface area contributed by atoms with Crippen molar-refractivity contribution in [3.05, 3.63) is 47.2 Å². The van der Waals surface area contributed by atoms with Crippen molar-refractivity contribution >= 4 is 21.4 Å². The normalized spacial score (nSPS) is 11.5. The molecule has 1 aromatic heterocycles. The minimum absolute atomic E-state index is 0.295. The Labute approximate surface area is 111 Å². The van der Waals surface area contributed by atoms with Crippen LogP contribution >= 0.6 is 11.6 Å². The number of sulfone groups is 1. The van der Waals surface area contributed by atoms with Gasteiger partial charge in [0.2, 0.25) is 0 Å². The molecule has 0 spiro atoms. The molecule has 0 unspecified atom stereocenters. The number of hydrogen-bond acceptors (Lipinski definition) is 3. The zero-order valence-electron chi connectivity index (χ0n) is 10.0. The van der Waals surface area contributed by atoms with Crippen LogP contribution in [0.15, 0.2) is 41.4 Å². The first kappa shape index (κ1) is 13.1. The number of aryl methyl sites for hydroxylation is 1. The van der Waals surface area contributed by atoms with Gasteiger partial charge in [0.15, 0.2) is 9.84 Å². The van der Waals surface area contributed by atoms with Gasteiger partial charge in [-0.3, -0.25) is 0 Å². The van der Waals surface area contributed by atoms with E-state index in [-0.39, 0.29) is 0 Å². The Kier molecular flexibility index (Phi) is 3.41. The molecule has 0 fully saturated rings. The number of nitrogens with zero attached hydrogens (tertiary/aromatic N) is 1. The zero-order chi connectivity index (χ0) is 13.3. The van der Waals surface area contributed by atoms with Gasteiger partial charge in [0.1, 0.15) is 5.15 Å². The second-order valence-electron chi connectivity index (χ2n) is 4.09. The minimum atomic E-state index is -3.17. The Morgan fingerprint density at radius 1 is 1.11 bits per heavy atom. The molecule has 0 saturated carbocycles. The summed E-state index contributed by atoms with van der Waals surface area (Å²) in [5.41, 5.74) is 2.69. The standard InChI is InChI=1S/C13H12ClNO2S/c1-9-7-8-15-13(14)12(9)10-3-5-11(6-4-10)18(2,16)17/h3-8H,1-2H3. The van der Waals surface area contributed by atoms with Gasteiger partial charge in [0.25, 0.3) is 0 Å². The third-order valence-corrected chi connectivity index (χ3v) is 4.10. The summed E-state index contributed by atoms with van der Waals surface area (Å²) in [6.07, 6.45) is 2.83. The average molecular weight is 282 g/mol. The third kappa shape index (κ3) is 2.54. The number of benzene rings is 1. The smallest absolute Gasteiger partial charge is 0.175 e. The highest BCUT2D eigenvalue weighted by Gasteiger charge is 2.10. The van der Waals surface area contributed by atoms with Crippen LogP contribution in [0.1, 0.15) is 5.56 Å². The highest BCUT2D eigenvalue weighted by Crippen LogP contribution is 2.29. The van der Waals surface area contributed by atoms with E-state index in [0.29, 0.717) is 10.0 Å². The molecule has 0 saturated heterocycles. The second-order valence-corrected chi connectivity index (χ2v) is 6.46. The topological polar surface area (TPSA) is 47.0 Å². The van der Waals surface area contributed by atoms with E-state index in [0.717, 1.165) is 16.7 Å². The van der Waals surface area contributed by atoms with Crippen molar-refractivity contribution < 1.29 is 8.42 Å². The van der Waals surface area contributed by atoms with E-state index in [1.807, 2.05) is 13.0 Å². The molecule has 1 heterocycles. The van der Waals surface area contributed by atoms with Crippen LogP contribution in [-0.2, 0) is 9.84 Å². The van der Waals surface area contributed by atoms with Gasteiger partial charge in [-0.15, -0.1) is 0 Å². The Balaban J connectivity index is 2.54. The fraction of sp³-hybridized carbons (Fsp3) is 0.154. The van der Waals surface area contributed by atoms with E-state index in [2.05, 4.69) is 4.98 Å². The van der Waals surface area contributed by atoms with E-state index < -0.39 is 9.84 Å². The van der Waals surface area contributed by atoms with Crippen molar-refractivity contribution in [1.29, 1.82) is 0 Å². The quantitative estimate of drug-likeness (QED) is 0.795. The molecule has 2 aromatic rings. The van der Waals surface area contributed by atoms with Crippen molar-refractivity contribution in [3.63, 3.8) is 0 Å². The zero-order valence-corrected chi connectivity index (χ0v) is 11.6. The van der Waals surface area contributed by atoms with Gasteiger partial charge >= 0.3 is 0 Å². The van der Waals surface area contributed by atoms with Crippen LogP contribution < -0.4 is 0 Å². The fourth-order valence-electron chi connectivity index (χ4n) is 1.74. The monoisotopic (exact) mass is 281 g/mol. The van der Waals surface area contributed by atoms with Crippen molar-refractivity contribution in [2.45, 2.75) is 11.8 Å². The van der Waals surface area contributed by atoms with Gasteiger partial charge < -0.3 is 0 Å². The molecule has 1 aromatic carbocycles. The van der Waals surface area contributed by atoms with Crippen LogP contribution in [-0.4, -0.2) is 19.7 Å². The molecule has 0 atom stereocenters. The number of halogens is 1. The number of aromatic nitrogens is 1. The summed E-state index contributed by atoms with van der Waals surface area (Å²) in [5, 5.41) is 0.419. The molecule has 0 aliphatic heterocycles. The lowest BCUT2D eigenvalue weighted by Gasteiger charge is -2.08. The molecule has 0 aliphatic carbocycles. The van der Waals surface area contributed by atoms with E-state index in [4.69, 9.17) is 11.6 Å². The Hall–Kier alpha value is -1.39. The van der Waals surface area contributed by atoms with Crippen molar-refractivity contribution in [3.8, 4) is 11.1 Å². The molecule has 0 aliphatic rings. The van der Waals surface area contributed by atoms with E-state index >= 15 is 0 Å². The van der Waals surface area contributed by atoms with Gasteiger partial charge in [-0.2, -0.15) is 0 Å². The van der Waals surface area contributed by atoms with Gasteiger partial charge in [0.05, 0.1) is 4.90 Å². The summed E-state index contributed by atoms with van der Waals surface area (Å²) in [5.74, 6) is 0. The molecule has 18 heavy (non-hydrogen) atoms. The molecule has 3 nitrogen and oxygen atoms in total. The predicted molar refractivity (Wildman–Crippen MR) is 72.5 cm³/mol. The summed E-state index contributed by atoms with van der Waals surface area (Å²) in [6.45, 7) is 1.94. The summed E-state index contributed by atoms with van der Waals surface area (Å²) >= 11 is 6.06. The second kappa shape index (κ2) is 4.71. The molecule has 0 amide bonds. The van der Waals surface area contributed by atoms with Gasteiger partial charge in [-0.1, -0.05) is 23.7 Å². The first-order valence-electron chi connectivity index (χ1n) is 5.31. The van der Waals surface area contributed by atoms with Crippen molar-refractivity contribution in [1.82, 2.24) is 4.98 Å². The van der Waals surface area contributed by atoms with Gasteiger partial charge in [-0.05, 0) is 36.2 Å². The molecule has 0 bridgehead atoms. The van der Waals surface area contributed by atoms with Crippen molar-refractivity contribution in [2.24, 2.45) is 0 Å². The van der Waals surface area contributed by atoms with E-state index in [9.17, 15) is 8.42 Å². The molecular weight excluding hydrogens is 270 g/mol. The van der Waals surface area contributed by atoms with Crippen LogP contribution in [0.3, 0.4) is 0 Å². The molecule has 94 valence electrons. The average Bonchev–Trinajstić information content (AvgIpc) is 2.28. The maximum atomic E-state index is 11.4. The fourth-order valence-corrected chi connectivity index (χ4v) is 2.69. The lowest BCUT2D eigenvalue weighted by atomic mass is 10.0. The summed E-state index contributed by atoms with van der Waals surface area (Å²) in [7, 11) is -3.17. The number of rotatable bonds is 2. The van der Waals surface area contributed by atoms with Crippen LogP contribution in [0, 0.1) is 6.92 Å². The van der Waals surface area contributed by atoms with Crippen LogP contribution in [0.4, 0.5) is 0 Å². The number of hydrogen-bond donors (Lipinski definition) is 0. The van der Waals surface area contributed by atoms with E-state index in [1.165, 1.54) is 6.26 Å². The largest absolute Gasteiger partial charge is 0.244 e. The van der Waals surface area contributed by atoms with Crippen molar-refractivity contribution in [2.75, 3.05) is 6.26 Å². The maximum Gasteiger partial charge on any atom is 0.175 e. The Morgan fingerprint density at radius 2 is 1.72 bits per heavy atom. The Morgan fingerprint density at radius 3 is 2.22 bits per heavy atom. The first-order valence-corrected chi connectivity index (χ1v) is 7.58. The van der Waals surface area contributed by atoms with Crippen LogP contribution in [0.2, 0.25) is 5.15 Å². The Bertz CT molecular complexity index is 658. The molecule has 2 rings (SSSR count). The van der Waals surface area contributed by atoms with Crippen LogP contribution in [0.25, 0.3) is 11.1 Å². The minimum Gasteiger partial charge on any atom is -0.244 e. The lowest BCUT2D eigenvalue weighted by molar-refractivity contribution is 0.602. The molecule has 0 N–H and O–H groups in total. The lowest BCUT2D eigenvalue weighted by Crippen LogP contribution is -1.96. The summed E-state index contributed by atoms with van der Waals surface area (Å²) < 4.78 is 22.8.